The summed E-state index contributed by atoms with van der Waals surface area (Å²) in [4.78, 5) is 27.7. The minimum Gasteiger partial charge on any atom is -0.468 e. The molecule has 1 aliphatic carbocycles. The van der Waals surface area contributed by atoms with E-state index in [2.05, 4.69) is 11.0 Å². The highest BCUT2D eigenvalue weighted by Gasteiger charge is 2.44. The molecule has 2 aliphatic rings. The van der Waals surface area contributed by atoms with Crippen molar-refractivity contribution in [1.82, 2.24) is 4.90 Å². The fourth-order valence-corrected chi connectivity index (χ4v) is 3.99. The normalized spacial score (nSPS) is 21.9. The van der Waals surface area contributed by atoms with Gasteiger partial charge in [-0.1, -0.05) is 12.1 Å². The van der Waals surface area contributed by atoms with Gasteiger partial charge in [0.2, 0.25) is 0 Å². The molecule has 1 aromatic carbocycles. The molecule has 1 aliphatic heterocycles. The molecule has 1 fully saturated rings. The second kappa shape index (κ2) is 8.93. The van der Waals surface area contributed by atoms with Crippen molar-refractivity contribution in [2.45, 2.75) is 12.8 Å². The first-order valence-electron chi connectivity index (χ1n) is 9.43. The van der Waals surface area contributed by atoms with Gasteiger partial charge in [0, 0.05) is 30.3 Å². The predicted molar refractivity (Wildman–Crippen MR) is 105 cm³/mol. The van der Waals surface area contributed by atoms with Crippen LogP contribution in [-0.2, 0) is 23.8 Å². The van der Waals surface area contributed by atoms with Crippen LogP contribution in [0.5, 0.6) is 0 Å². The van der Waals surface area contributed by atoms with E-state index in [1.165, 1.54) is 14.2 Å². The quantitative estimate of drug-likeness (QED) is 0.721. The molecule has 0 radical (unpaired) electrons. The average Bonchev–Trinajstić information content (AvgIpc) is 2.78. The Morgan fingerprint density at radius 1 is 1.14 bits per heavy atom. The van der Waals surface area contributed by atoms with E-state index < -0.39 is 23.8 Å². The molecular formula is C22H24N2O5. The Bertz CT molecular complexity index is 889. The molecule has 0 unspecified atom stereocenters. The van der Waals surface area contributed by atoms with E-state index in [1.54, 1.807) is 24.3 Å². The standard InChI is InChI=1S/C22H24N2O5/c1-14-12-17(24-8-10-29-11-9-24)20(22(26)28-3)19(18(14)21(25)27-2)16-6-4-15(13-23)5-7-16/h4-7,12,19-20H,8-11H2,1-3H3/t19-,20+/m1/s1. The zero-order valence-corrected chi connectivity index (χ0v) is 16.8. The Hall–Kier alpha value is -3.11. The number of ether oxygens (including phenoxy) is 3. The maximum absolute atomic E-state index is 12.9. The van der Waals surface area contributed by atoms with Crippen molar-refractivity contribution in [2.24, 2.45) is 5.92 Å². The summed E-state index contributed by atoms with van der Waals surface area (Å²) in [5, 5.41) is 9.11. The van der Waals surface area contributed by atoms with Crippen LogP contribution in [0.1, 0.15) is 24.0 Å². The number of hydrogen-bond acceptors (Lipinski definition) is 7. The van der Waals surface area contributed by atoms with Gasteiger partial charge in [-0.15, -0.1) is 0 Å². The van der Waals surface area contributed by atoms with E-state index in [4.69, 9.17) is 19.5 Å². The maximum atomic E-state index is 12.9. The highest BCUT2D eigenvalue weighted by molar-refractivity contribution is 5.94. The number of hydrogen-bond donors (Lipinski definition) is 0. The third-order valence-corrected chi connectivity index (χ3v) is 5.39. The van der Waals surface area contributed by atoms with Crippen LogP contribution in [0.25, 0.3) is 0 Å². The molecule has 0 amide bonds. The Morgan fingerprint density at radius 3 is 2.34 bits per heavy atom. The number of benzene rings is 1. The topological polar surface area (TPSA) is 88.9 Å². The summed E-state index contributed by atoms with van der Waals surface area (Å²) in [6.07, 6.45) is 1.87. The average molecular weight is 396 g/mol. The third-order valence-electron chi connectivity index (χ3n) is 5.39. The second-order valence-corrected chi connectivity index (χ2v) is 6.97. The van der Waals surface area contributed by atoms with Crippen molar-refractivity contribution in [1.29, 1.82) is 5.26 Å². The fourth-order valence-electron chi connectivity index (χ4n) is 3.99. The minimum atomic E-state index is -0.705. The van der Waals surface area contributed by atoms with Gasteiger partial charge in [-0.05, 0) is 36.3 Å². The first-order valence-corrected chi connectivity index (χ1v) is 9.43. The third kappa shape index (κ3) is 4.03. The molecule has 1 heterocycles. The molecule has 29 heavy (non-hydrogen) atoms. The van der Waals surface area contributed by atoms with Gasteiger partial charge < -0.3 is 19.1 Å². The summed E-state index contributed by atoms with van der Waals surface area (Å²) in [6.45, 7) is 4.29. The summed E-state index contributed by atoms with van der Waals surface area (Å²) < 4.78 is 15.6. The van der Waals surface area contributed by atoms with Gasteiger partial charge in [-0.2, -0.15) is 5.26 Å². The minimum absolute atomic E-state index is 0.421. The van der Waals surface area contributed by atoms with Crippen molar-refractivity contribution >= 4 is 11.9 Å². The molecule has 152 valence electrons. The lowest BCUT2D eigenvalue weighted by Crippen LogP contribution is -2.43. The number of esters is 2. The number of carbonyl (C=O) groups is 2. The van der Waals surface area contributed by atoms with E-state index in [9.17, 15) is 9.59 Å². The maximum Gasteiger partial charge on any atom is 0.334 e. The number of methoxy groups -OCH3 is 2. The molecule has 0 spiro atoms. The van der Waals surface area contributed by atoms with E-state index >= 15 is 0 Å². The number of carbonyl (C=O) groups excluding carboxylic acids is 2. The van der Waals surface area contributed by atoms with Crippen molar-refractivity contribution in [3.8, 4) is 6.07 Å². The van der Waals surface area contributed by atoms with Gasteiger partial charge in [0.15, 0.2) is 0 Å². The smallest absolute Gasteiger partial charge is 0.334 e. The Labute approximate surface area is 170 Å². The lowest BCUT2D eigenvalue weighted by atomic mass is 9.73. The first-order chi connectivity index (χ1) is 14.0. The molecule has 0 aromatic heterocycles. The van der Waals surface area contributed by atoms with Crippen LogP contribution in [0.2, 0.25) is 0 Å². The number of rotatable bonds is 4. The van der Waals surface area contributed by atoms with Crippen LogP contribution < -0.4 is 0 Å². The van der Waals surface area contributed by atoms with Gasteiger partial charge in [0.05, 0.1) is 39.1 Å². The van der Waals surface area contributed by atoms with E-state index in [-0.39, 0.29) is 0 Å². The van der Waals surface area contributed by atoms with Crippen LogP contribution in [-0.4, -0.2) is 57.4 Å². The fraction of sp³-hybridized carbons (Fsp3) is 0.409. The summed E-state index contributed by atoms with van der Waals surface area (Å²) >= 11 is 0. The monoisotopic (exact) mass is 396 g/mol. The predicted octanol–water partition coefficient (Wildman–Crippen LogP) is 2.15. The van der Waals surface area contributed by atoms with Gasteiger partial charge in [-0.3, -0.25) is 4.79 Å². The van der Waals surface area contributed by atoms with Crippen LogP contribution in [0.4, 0.5) is 0 Å². The van der Waals surface area contributed by atoms with Crippen LogP contribution in [0.3, 0.4) is 0 Å². The lowest BCUT2D eigenvalue weighted by molar-refractivity contribution is -0.145. The zero-order valence-electron chi connectivity index (χ0n) is 16.8. The van der Waals surface area contributed by atoms with Crippen molar-refractivity contribution in [2.75, 3.05) is 40.5 Å². The SMILES string of the molecule is COC(=O)C1=C(C)C=C(N2CCOCC2)[C@H](C(=O)OC)[C@@H]1c1ccc(C#N)cc1. The van der Waals surface area contributed by atoms with E-state index in [0.717, 1.165) is 16.8 Å². The van der Waals surface area contributed by atoms with Crippen LogP contribution >= 0.6 is 0 Å². The van der Waals surface area contributed by atoms with E-state index in [0.29, 0.717) is 37.4 Å². The summed E-state index contributed by atoms with van der Waals surface area (Å²) in [6, 6.07) is 9.00. The molecule has 0 bridgehead atoms. The Morgan fingerprint density at radius 2 is 1.79 bits per heavy atom. The lowest BCUT2D eigenvalue weighted by Gasteiger charge is -2.40. The highest BCUT2D eigenvalue weighted by Crippen LogP contribution is 2.44. The molecular weight excluding hydrogens is 372 g/mol. The zero-order chi connectivity index (χ0) is 21.0. The molecule has 7 heteroatoms. The van der Waals surface area contributed by atoms with Crippen molar-refractivity contribution in [3.05, 3.63) is 58.3 Å². The Balaban J connectivity index is 2.18. The van der Waals surface area contributed by atoms with Gasteiger partial charge in [0.25, 0.3) is 0 Å². The molecule has 3 rings (SSSR count). The van der Waals surface area contributed by atoms with Gasteiger partial charge in [0.1, 0.15) is 5.92 Å². The van der Waals surface area contributed by atoms with Gasteiger partial charge >= 0.3 is 11.9 Å². The molecule has 7 nitrogen and oxygen atoms in total. The molecule has 1 saturated heterocycles. The van der Waals surface area contributed by atoms with Gasteiger partial charge in [-0.25, -0.2) is 4.79 Å². The largest absolute Gasteiger partial charge is 0.468 e. The number of allylic oxidation sites excluding steroid dienone is 2. The molecule has 0 N–H and O–H groups in total. The second-order valence-electron chi connectivity index (χ2n) is 6.97. The molecule has 1 aromatic rings. The molecule has 0 saturated carbocycles. The number of nitrogens with zero attached hydrogens (tertiary/aromatic N) is 2. The van der Waals surface area contributed by atoms with Crippen LogP contribution in [0.15, 0.2) is 47.2 Å². The van der Waals surface area contributed by atoms with Crippen molar-refractivity contribution < 1.29 is 23.8 Å². The van der Waals surface area contributed by atoms with Crippen molar-refractivity contribution in [3.63, 3.8) is 0 Å². The Kier molecular flexibility index (Phi) is 6.35. The van der Waals surface area contributed by atoms with E-state index in [1.807, 2.05) is 13.0 Å². The highest BCUT2D eigenvalue weighted by atomic mass is 16.5. The number of morpholine rings is 1. The summed E-state index contributed by atoms with van der Waals surface area (Å²) in [7, 11) is 2.67. The molecule has 2 atom stereocenters. The number of nitriles is 1. The van der Waals surface area contributed by atoms with Crippen LogP contribution in [0, 0.1) is 17.2 Å². The first kappa shape index (κ1) is 20.6. The summed E-state index contributed by atoms with van der Waals surface area (Å²) in [5.41, 5.74) is 3.22. The summed E-state index contributed by atoms with van der Waals surface area (Å²) in [5.74, 6) is -2.19.